The van der Waals surface area contributed by atoms with Crippen molar-refractivity contribution in [3.05, 3.63) is 0 Å². The molecule has 0 aromatic heterocycles. The Hall–Kier alpha value is 0.220. The van der Waals surface area contributed by atoms with Gasteiger partial charge in [-0.1, -0.05) is 6.42 Å². The molecule has 3 unspecified atom stereocenters. The number of hydrogen-bond donors (Lipinski definition) is 2. The average molecular weight is 266 g/mol. The van der Waals surface area contributed by atoms with Crippen LogP contribution in [0.15, 0.2) is 0 Å². The molecular formula is C10H22N2O2S2. The van der Waals surface area contributed by atoms with Crippen LogP contribution in [0.1, 0.15) is 26.2 Å². The Morgan fingerprint density at radius 1 is 1.44 bits per heavy atom. The molecule has 0 amide bonds. The lowest BCUT2D eigenvalue weighted by Gasteiger charge is -2.21. The summed E-state index contributed by atoms with van der Waals surface area (Å²) in [5, 5.41) is 2.97. The second-order valence-electron chi connectivity index (χ2n) is 4.34. The summed E-state index contributed by atoms with van der Waals surface area (Å²) in [5.41, 5.74) is 0. The van der Waals surface area contributed by atoms with E-state index in [0.29, 0.717) is 11.8 Å². The fourth-order valence-electron chi connectivity index (χ4n) is 2.07. The summed E-state index contributed by atoms with van der Waals surface area (Å²) >= 11 is 1.76. The zero-order valence-corrected chi connectivity index (χ0v) is 11.8. The lowest BCUT2D eigenvalue weighted by atomic mass is 10.3. The van der Waals surface area contributed by atoms with Crippen molar-refractivity contribution in [2.24, 2.45) is 0 Å². The van der Waals surface area contributed by atoms with Gasteiger partial charge < -0.3 is 5.32 Å². The predicted molar refractivity (Wildman–Crippen MR) is 70.4 cm³/mol. The Morgan fingerprint density at radius 2 is 2.12 bits per heavy atom. The van der Waals surface area contributed by atoms with Crippen LogP contribution in [0, 0.1) is 0 Å². The molecule has 0 bridgehead atoms. The summed E-state index contributed by atoms with van der Waals surface area (Å²) < 4.78 is 26.8. The van der Waals surface area contributed by atoms with Crippen molar-refractivity contribution in [1.82, 2.24) is 10.0 Å². The van der Waals surface area contributed by atoms with Crippen LogP contribution in [-0.4, -0.2) is 44.8 Å². The van der Waals surface area contributed by atoms with Crippen molar-refractivity contribution in [1.29, 1.82) is 0 Å². The Bertz CT molecular complexity index is 306. The molecular weight excluding hydrogens is 244 g/mol. The normalized spacial score (nSPS) is 28.2. The van der Waals surface area contributed by atoms with Crippen molar-refractivity contribution < 1.29 is 8.42 Å². The van der Waals surface area contributed by atoms with Crippen molar-refractivity contribution >= 4 is 21.8 Å². The maximum absolute atomic E-state index is 12.0. The Balaban J connectivity index is 2.58. The molecule has 4 nitrogen and oxygen atoms in total. The fourth-order valence-corrected chi connectivity index (χ4v) is 4.41. The van der Waals surface area contributed by atoms with Crippen molar-refractivity contribution in [3.8, 4) is 0 Å². The van der Waals surface area contributed by atoms with Gasteiger partial charge in [0.25, 0.3) is 0 Å². The second kappa shape index (κ2) is 6.23. The van der Waals surface area contributed by atoms with E-state index in [0.717, 1.165) is 19.3 Å². The van der Waals surface area contributed by atoms with E-state index >= 15 is 0 Å². The van der Waals surface area contributed by atoms with Crippen LogP contribution in [0.4, 0.5) is 0 Å². The minimum Gasteiger partial charge on any atom is -0.318 e. The van der Waals surface area contributed by atoms with E-state index in [9.17, 15) is 8.42 Å². The highest BCUT2D eigenvalue weighted by Gasteiger charge is 2.31. The highest BCUT2D eigenvalue weighted by Crippen LogP contribution is 2.29. The van der Waals surface area contributed by atoms with Crippen molar-refractivity contribution in [2.75, 3.05) is 19.8 Å². The first-order valence-electron chi connectivity index (χ1n) is 5.69. The van der Waals surface area contributed by atoms with Gasteiger partial charge in [-0.15, -0.1) is 0 Å². The lowest BCUT2D eigenvalue weighted by molar-refractivity contribution is 0.540. The SMILES string of the molecule is CNCC(C)S(=O)(=O)NC1CCCC1SC. The standard InChI is InChI=1S/C10H22N2O2S2/c1-8(7-11-2)16(13,14)12-9-5-4-6-10(9)15-3/h8-12H,4-7H2,1-3H3. The molecule has 1 aliphatic carbocycles. The third-order valence-electron chi connectivity index (χ3n) is 3.09. The molecule has 0 radical (unpaired) electrons. The number of hydrogen-bond acceptors (Lipinski definition) is 4. The summed E-state index contributed by atoms with van der Waals surface area (Å²) in [6.07, 6.45) is 5.26. The van der Waals surface area contributed by atoms with Gasteiger partial charge in [0.2, 0.25) is 10.0 Å². The molecule has 2 N–H and O–H groups in total. The number of thioether (sulfide) groups is 1. The molecule has 1 rings (SSSR count). The van der Waals surface area contributed by atoms with Crippen LogP contribution in [0.2, 0.25) is 0 Å². The fraction of sp³-hybridized carbons (Fsp3) is 1.00. The third kappa shape index (κ3) is 3.61. The topological polar surface area (TPSA) is 58.2 Å². The van der Waals surface area contributed by atoms with E-state index in [1.807, 2.05) is 6.26 Å². The molecule has 0 aromatic rings. The molecule has 96 valence electrons. The first-order chi connectivity index (χ1) is 7.51. The van der Waals surface area contributed by atoms with Crippen molar-refractivity contribution in [2.45, 2.75) is 42.7 Å². The highest BCUT2D eigenvalue weighted by atomic mass is 32.2. The van der Waals surface area contributed by atoms with E-state index in [4.69, 9.17) is 0 Å². The number of rotatable bonds is 6. The zero-order chi connectivity index (χ0) is 12.2. The number of sulfonamides is 1. The summed E-state index contributed by atoms with van der Waals surface area (Å²) in [5.74, 6) is 0. The summed E-state index contributed by atoms with van der Waals surface area (Å²) in [6, 6.07) is 0.124. The van der Waals surface area contributed by atoms with Gasteiger partial charge in [0.05, 0.1) is 5.25 Å². The van der Waals surface area contributed by atoms with Gasteiger partial charge in [0.1, 0.15) is 0 Å². The second-order valence-corrected chi connectivity index (χ2v) is 7.55. The molecule has 0 spiro atoms. The smallest absolute Gasteiger partial charge is 0.215 e. The van der Waals surface area contributed by atoms with Gasteiger partial charge in [-0.2, -0.15) is 11.8 Å². The molecule has 0 aliphatic heterocycles. The first-order valence-corrected chi connectivity index (χ1v) is 8.53. The summed E-state index contributed by atoms with van der Waals surface area (Å²) in [6.45, 7) is 2.23. The van der Waals surface area contributed by atoms with E-state index in [-0.39, 0.29) is 11.3 Å². The molecule has 0 heterocycles. The van der Waals surface area contributed by atoms with E-state index in [1.54, 1.807) is 25.7 Å². The monoisotopic (exact) mass is 266 g/mol. The molecule has 0 saturated heterocycles. The van der Waals surface area contributed by atoms with Gasteiger partial charge in [-0.05, 0) is 33.1 Å². The van der Waals surface area contributed by atoms with E-state index in [1.165, 1.54) is 0 Å². The molecule has 1 saturated carbocycles. The molecule has 3 atom stereocenters. The Morgan fingerprint density at radius 3 is 2.69 bits per heavy atom. The van der Waals surface area contributed by atoms with Gasteiger partial charge in [0.15, 0.2) is 0 Å². The molecule has 1 fully saturated rings. The van der Waals surface area contributed by atoms with E-state index in [2.05, 4.69) is 10.0 Å². The van der Waals surface area contributed by atoms with Crippen LogP contribution in [0.5, 0.6) is 0 Å². The van der Waals surface area contributed by atoms with Crippen LogP contribution in [0.3, 0.4) is 0 Å². The van der Waals surface area contributed by atoms with Gasteiger partial charge in [-0.3, -0.25) is 0 Å². The summed E-state index contributed by atoms with van der Waals surface area (Å²) in [4.78, 5) is 0. The Kier molecular flexibility index (Phi) is 5.56. The minimum atomic E-state index is -3.17. The highest BCUT2D eigenvalue weighted by molar-refractivity contribution is 7.99. The van der Waals surface area contributed by atoms with Gasteiger partial charge in [0, 0.05) is 17.8 Å². The molecule has 16 heavy (non-hydrogen) atoms. The van der Waals surface area contributed by atoms with Crippen LogP contribution in [0.25, 0.3) is 0 Å². The van der Waals surface area contributed by atoms with Gasteiger partial charge >= 0.3 is 0 Å². The molecule has 0 aromatic carbocycles. The van der Waals surface area contributed by atoms with Crippen LogP contribution >= 0.6 is 11.8 Å². The first kappa shape index (κ1) is 14.3. The lowest BCUT2D eigenvalue weighted by Crippen LogP contribution is -2.45. The maximum atomic E-state index is 12.0. The zero-order valence-electron chi connectivity index (χ0n) is 10.2. The predicted octanol–water partition coefficient (Wildman–Crippen LogP) is 0.798. The summed E-state index contributed by atoms with van der Waals surface area (Å²) in [7, 11) is -1.40. The third-order valence-corrected chi connectivity index (χ3v) is 6.12. The Labute approximate surface area is 103 Å². The molecule has 6 heteroatoms. The number of nitrogens with one attached hydrogen (secondary N) is 2. The van der Waals surface area contributed by atoms with Crippen LogP contribution < -0.4 is 10.0 Å². The quantitative estimate of drug-likeness (QED) is 0.746. The van der Waals surface area contributed by atoms with E-state index < -0.39 is 10.0 Å². The van der Waals surface area contributed by atoms with Gasteiger partial charge in [-0.25, -0.2) is 13.1 Å². The van der Waals surface area contributed by atoms with Crippen molar-refractivity contribution in [3.63, 3.8) is 0 Å². The minimum absolute atomic E-state index is 0.124. The maximum Gasteiger partial charge on any atom is 0.215 e. The molecule has 1 aliphatic rings. The van der Waals surface area contributed by atoms with Crippen LogP contribution in [-0.2, 0) is 10.0 Å². The largest absolute Gasteiger partial charge is 0.318 e. The average Bonchev–Trinajstić information content (AvgIpc) is 2.64.